The molecule has 1 saturated carbocycles. The molecule has 1 aliphatic carbocycles. The standard InChI is InChI=1S/C27H26N2O5/c1-2-27(34-25(31)16-8-4-3-5-9-16)20-13-22-23-18(12-17-10-6-7-11-21(17)28-23)14-29(22)24(30)19(20)15-33-26(27)32/h6-7,10-13,16H,2-5,8-9,14-15H2,1H3/t27-/m0/s1. The fraction of sp³-hybridized carbons (Fsp3) is 0.407. The van der Waals surface area contributed by atoms with Crippen LogP contribution in [0.3, 0.4) is 0 Å². The Morgan fingerprint density at radius 1 is 1.18 bits per heavy atom. The molecular weight excluding hydrogens is 432 g/mol. The van der Waals surface area contributed by atoms with Crippen molar-refractivity contribution in [3.8, 4) is 11.4 Å². The summed E-state index contributed by atoms with van der Waals surface area (Å²) >= 11 is 0. The number of fused-ring (bicyclic) bond motifs is 5. The number of hydrogen-bond donors (Lipinski definition) is 0. The first-order valence-corrected chi connectivity index (χ1v) is 12.1. The number of benzene rings is 1. The Kier molecular flexibility index (Phi) is 4.83. The largest absolute Gasteiger partial charge is 0.457 e. The lowest BCUT2D eigenvalue weighted by Gasteiger charge is -2.37. The van der Waals surface area contributed by atoms with Gasteiger partial charge in [-0.1, -0.05) is 44.4 Å². The van der Waals surface area contributed by atoms with Crippen molar-refractivity contribution in [3.63, 3.8) is 0 Å². The Morgan fingerprint density at radius 3 is 2.76 bits per heavy atom. The van der Waals surface area contributed by atoms with Gasteiger partial charge in [0.05, 0.1) is 34.9 Å². The molecule has 1 fully saturated rings. The van der Waals surface area contributed by atoms with E-state index in [-0.39, 0.29) is 30.5 Å². The third-order valence-electron chi connectivity index (χ3n) is 7.60. The van der Waals surface area contributed by atoms with E-state index < -0.39 is 11.6 Å². The lowest BCUT2D eigenvalue weighted by atomic mass is 9.84. The average molecular weight is 459 g/mol. The quantitative estimate of drug-likeness (QED) is 0.428. The second-order valence-corrected chi connectivity index (χ2v) is 9.51. The molecule has 34 heavy (non-hydrogen) atoms. The van der Waals surface area contributed by atoms with E-state index in [1.807, 2.05) is 30.3 Å². The molecule has 0 amide bonds. The molecule has 2 aliphatic heterocycles. The summed E-state index contributed by atoms with van der Waals surface area (Å²) in [5.74, 6) is -1.21. The normalized spacial score (nSPS) is 21.5. The summed E-state index contributed by atoms with van der Waals surface area (Å²) in [6, 6.07) is 11.7. The Labute approximate surface area is 196 Å². The molecule has 1 atom stereocenters. The minimum atomic E-state index is -1.61. The van der Waals surface area contributed by atoms with Gasteiger partial charge in [-0.15, -0.1) is 0 Å². The summed E-state index contributed by atoms with van der Waals surface area (Å²) in [5.41, 5.74) is 2.13. The van der Waals surface area contributed by atoms with Crippen molar-refractivity contribution in [1.82, 2.24) is 9.55 Å². The summed E-state index contributed by atoms with van der Waals surface area (Å²) in [6.07, 6.45) is 4.78. The van der Waals surface area contributed by atoms with Gasteiger partial charge in [-0.2, -0.15) is 0 Å². The van der Waals surface area contributed by atoms with Crippen LogP contribution in [-0.4, -0.2) is 21.5 Å². The highest BCUT2D eigenvalue weighted by atomic mass is 16.6. The summed E-state index contributed by atoms with van der Waals surface area (Å²) < 4.78 is 13.1. The molecular formula is C27H26N2O5. The van der Waals surface area contributed by atoms with Crippen molar-refractivity contribution in [2.45, 2.75) is 64.2 Å². The summed E-state index contributed by atoms with van der Waals surface area (Å²) in [7, 11) is 0. The highest BCUT2D eigenvalue weighted by molar-refractivity contribution is 5.88. The van der Waals surface area contributed by atoms with Crippen LogP contribution in [-0.2, 0) is 37.8 Å². The van der Waals surface area contributed by atoms with E-state index in [2.05, 4.69) is 6.07 Å². The maximum atomic E-state index is 13.6. The molecule has 7 nitrogen and oxygen atoms in total. The van der Waals surface area contributed by atoms with Gasteiger partial charge in [0, 0.05) is 16.5 Å². The van der Waals surface area contributed by atoms with Crippen LogP contribution in [0.25, 0.3) is 22.3 Å². The van der Waals surface area contributed by atoms with Crippen molar-refractivity contribution in [2.24, 2.45) is 5.92 Å². The number of esters is 2. The van der Waals surface area contributed by atoms with E-state index in [1.54, 1.807) is 11.5 Å². The van der Waals surface area contributed by atoms with Crippen molar-refractivity contribution in [1.29, 1.82) is 0 Å². The molecule has 6 rings (SSSR count). The van der Waals surface area contributed by atoms with Gasteiger partial charge >= 0.3 is 11.9 Å². The molecule has 3 aromatic rings. The number of carbonyl (C=O) groups is 2. The third-order valence-corrected chi connectivity index (χ3v) is 7.60. The predicted octanol–water partition coefficient (Wildman–Crippen LogP) is 4.21. The Morgan fingerprint density at radius 2 is 1.97 bits per heavy atom. The Hall–Kier alpha value is -3.48. The molecule has 0 radical (unpaired) electrons. The number of nitrogens with zero attached hydrogens (tertiary/aromatic N) is 2. The van der Waals surface area contributed by atoms with Gasteiger partial charge in [-0.3, -0.25) is 9.59 Å². The van der Waals surface area contributed by atoms with Crippen molar-refractivity contribution >= 4 is 22.8 Å². The molecule has 0 saturated heterocycles. The lowest BCUT2D eigenvalue weighted by molar-refractivity contribution is -0.192. The molecule has 0 spiro atoms. The molecule has 0 unspecified atom stereocenters. The summed E-state index contributed by atoms with van der Waals surface area (Å²) in [5, 5.41) is 1.01. The zero-order valence-electron chi connectivity index (χ0n) is 19.1. The first-order valence-electron chi connectivity index (χ1n) is 12.1. The van der Waals surface area contributed by atoms with Gasteiger partial charge < -0.3 is 14.0 Å². The maximum absolute atomic E-state index is 13.6. The second-order valence-electron chi connectivity index (χ2n) is 9.51. The highest BCUT2D eigenvalue weighted by Gasteiger charge is 2.51. The minimum Gasteiger partial charge on any atom is -0.457 e. The van der Waals surface area contributed by atoms with E-state index in [1.165, 1.54) is 0 Å². The monoisotopic (exact) mass is 458 g/mol. The zero-order valence-corrected chi connectivity index (χ0v) is 19.1. The van der Waals surface area contributed by atoms with Crippen LogP contribution in [0.1, 0.15) is 62.1 Å². The summed E-state index contributed by atoms with van der Waals surface area (Å²) in [4.78, 5) is 44.7. The van der Waals surface area contributed by atoms with Crippen LogP contribution in [0.5, 0.6) is 0 Å². The zero-order chi connectivity index (χ0) is 23.4. The number of ether oxygens (including phenoxy) is 2. The molecule has 2 aromatic heterocycles. The lowest BCUT2D eigenvalue weighted by Crippen LogP contribution is -2.48. The molecule has 174 valence electrons. The maximum Gasteiger partial charge on any atom is 0.355 e. The number of aromatic nitrogens is 2. The van der Waals surface area contributed by atoms with Crippen molar-refractivity contribution in [2.75, 3.05) is 0 Å². The van der Waals surface area contributed by atoms with E-state index in [4.69, 9.17) is 14.5 Å². The third kappa shape index (κ3) is 3.02. The first-order chi connectivity index (χ1) is 16.5. The van der Waals surface area contributed by atoms with Crippen LogP contribution in [0.2, 0.25) is 0 Å². The molecule has 7 heteroatoms. The van der Waals surface area contributed by atoms with Gasteiger partial charge in [0.1, 0.15) is 6.61 Å². The van der Waals surface area contributed by atoms with E-state index >= 15 is 0 Å². The predicted molar refractivity (Wildman–Crippen MR) is 125 cm³/mol. The Balaban J connectivity index is 1.50. The number of pyridine rings is 2. The highest BCUT2D eigenvalue weighted by Crippen LogP contribution is 2.42. The molecule has 0 bridgehead atoms. The fourth-order valence-corrected chi connectivity index (χ4v) is 5.68. The van der Waals surface area contributed by atoms with Gasteiger partial charge in [0.15, 0.2) is 0 Å². The number of hydrogen-bond acceptors (Lipinski definition) is 6. The minimum absolute atomic E-state index is 0.123. The summed E-state index contributed by atoms with van der Waals surface area (Å²) in [6.45, 7) is 2.07. The number of carbonyl (C=O) groups excluding carboxylic acids is 2. The second kappa shape index (κ2) is 7.79. The van der Waals surface area contributed by atoms with Gasteiger partial charge in [0.2, 0.25) is 5.60 Å². The van der Waals surface area contributed by atoms with Crippen molar-refractivity contribution < 1.29 is 19.1 Å². The number of cyclic esters (lactones) is 1. The molecule has 3 aliphatic rings. The van der Waals surface area contributed by atoms with Crippen LogP contribution >= 0.6 is 0 Å². The van der Waals surface area contributed by atoms with Crippen LogP contribution < -0.4 is 5.56 Å². The number of rotatable bonds is 3. The smallest absolute Gasteiger partial charge is 0.355 e. The van der Waals surface area contributed by atoms with Crippen LogP contribution in [0, 0.1) is 5.92 Å². The molecule has 0 N–H and O–H groups in total. The topological polar surface area (TPSA) is 87.5 Å². The van der Waals surface area contributed by atoms with Gasteiger partial charge in [0.25, 0.3) is 5.56 Å². The van der Waals surface area contributed by atoms with Crippen LogP contribution in [0.15, 0.2) is 41.2 Å². The Bertz CT molecular complexity index is 1400. The molecule has 4 heterocycles. The fourth-order valence-electron chi connectivity index (χ4n) is 5.68. The average Bonchev–Trinajstić information content (AvgIpc) is 3.23. The van der Waals surface area contributed by atoms with Crippen LogP contribution in [0.4, 0.5) is 0 Å². The molecule has 1 aromatic carbocycles. The van der Waals surface area contributed by atoms with E-state index in [0.29, 0.717) is 23.4 Å². The van der Waals surface area contributed by atoms with Gasteiger partial charge in [-0.05, 0) is 37.5 Å². The first kappa shape index (κ1) is 21.1. The van der Waals surface area contributed by atoms with E-state index in [0.717, 1.165) is 54.3 Å². The van der Waals surface area contributed by atoms with Crippen molar-refractivity contribution in [3.05, 3.63) is 63.4 Å². The van der Waals surface area contributed by atoms with Gasteiger partial charge in [-0.25, -0.2) is 9.78 Å². The SMILES string of the molecule is CC[C@@]1(OC(=O)C2CCCCC2)C(=O)OCc2c1cc1n(c2=O)Cc2cc3ccccc3nc2-1. The number of para-hydroxylation sites is 1. The van der Waals surface area contributed by atoms with E-state index in [9.17, 15) is 14.4 Å².